The minimum Gasteiger partial charge on any atom is -0.454 e. The molecule has 7 heteroatoms. The number of hydrogen-bond acceptors (Lipinski definition) is 5. The van der Waals surface area contributed by atoms with E-state index < -0.39 is 0 Å². The summed E-state index contributed by atoms with van der Waals surface area (Å²) in [5.41, 5.74) is 1.27. The number of nitrogens with zero attached hydrogens (tertiary/aromatic N) is 1. The number of benzene rings is 1. The fraction of sp³-hybridized carbons (Fsp3) is 0.522. The number of guanidine groups is 1. The van der Waals surface area contributed by atoms with Gasteiger partial charge in [0, 0.05) is 49.1 Å². The second kappa shape index (κ2) is 8.86. The first-order valence-electron chi connectivity index (χ1n) is 10.5. The Kier molecular flexibility index (Phi) is 6.20. The maximum atomic E-state index is 5.68. The van der Waals surface area contributed by atoms with Gasteiger partial charge < -0.3 is 24.8 Å². The van der Waals surface area contributed by atoms with Crippen molar-refractivity contribution in [2.45, 2.75) is 37.5 Å². The SMILES string of the molecule is CN=C(NCC(C)(C)c1cccs1)NCC1(c2ccc3c(c2)OCO3)CCOCC1. The fourth-order valence-corrected chi connectivity index (χ4v) is 4.94. The normalized spacial score (nSPS) is 18.3. The Bertz CT molecular complexity index is 874. The maximum absolute atomic E-state index is 5.68. The van der Waals surface area contributed by atoms with Gasteiger partial charge in [-0.2, -0.15) is 0 Å². The molecule has 0 radical (unpaired) electrons. The van der Waals surface area contributed by atoms with Crippen LogP contribution in [0.5, 0.6) is 11.5 Å². The molecule has 1 aromatic heterocycles. The molecule has 1 fully saturated rings. The molecule has 0 aliphatic carbocycles. The number of ether oxygens (including phenoxy) is 3. The lowest BCUT2D eigenvalue weighted by molar-refractivity contribution is 0.0513. The van der Waals surface area contributed by atoms with Gasteiger partial charge in [-0.05, 0) is 42.0 Å². The zero-order chi connectivity index (χ0) is 21.0. The van der Waals surface area contributed by atoms with Crippen molar-refractivity contribution in [1.82, 2.24) is 10.6 Å². The van der Waals surface area contributed by atoms with Gasteiger partial charge in [0.2, 0.25) is 6.79 Å². The first-order valence-corrected chi connectivity index (χ1v) is 11.4. The van der Waals surface area contributed by atoms with E-state index in [0.717, 1.165) is 56.6 Å². The summed E-state index contributed by atoms with van der Waals surface area (Å²) < 4.78 is 16.8. The number of nitrogens with one attached hydrogen (secondary N) is 2. The summed E-state index contributed by atoms with van der Waals surface area (Å²) in [5, 5.41) is 9.23. The monoisotopic (exact) mass is 429 g/mol. The molecule has 0 unspecified atom stereocenters. The van der Waals surface area contributed by atoms with Crippen molar-refractivity contribution >= 4 is 17.3 Å². The molecule has 162 valence electrons. The third-order valence-electron chi connectivity index (χ3n) is 6.14. The summed E-state index contributed by atoms with van der Waals surface area (Å²) in [6.07, 6.45) is 1.91. The molecule has 3 heterocycles. The quantitative estimate of drug-likeness (QED) is 0.542. The summed E-state index contributed by atoms with van der Waals surface area (Å²) in [6.45, 7) is 7.92. The summed E-state index contributed by atoms with van der Waals surface area (Å²) >= 11 is 1.80. The van der Waals surface area contributed by atoms with Crippen LogP contribution in [0.4, 0.5) is 0 Å². The van der Waals surface area contributed by atoms with E-state index in [9.17, 15) is 0 Å². The third-order valence-corrected chi connectivity index (χ3v) is 7.37. The van der Waals surface area contributed by atoms with Crippen LogP contribution in [-0.4, -0.2) is 46.1 Å². The Balaban J connectivity index is 1.44. The number of aliphatic imine (C=N–C) groups is 1. The van der Waals surface area contributed by atoms with E-state index in [0.29, 0.717) is 6.79 Å². The molecule has 2 aliphatic rings. The molecule has 1 saturated heterocycles. The number of thiophene rings is 1. The van der Waals surface area contributed by atoms with Crippen LogP contribution in [0.3, 0.4) is 0 Å². The standard InChI is InChI=1S/C23H31N3O3S/c1-22(2,20-5-4-12-30-20)14-25-21(24-3)26-15-23(8-10-27-11-9-23)17-6-7-18-19(13-17)29-16-28-18/h4-7,12-13H,8-11,14-16H2,1-3H3,(H2,24,25,26). The molecule has 2 aromatic rings. The average molecular weight is 430 g/mol. The van der Waals surface area contributed by atoms with E-state index in [1.54, 1.807) is 11.3 Å². The molecule has 0 amide bonds. The van der Waals surface area contributed by atoms with Crippen LogP contribution in [0.25, 0.3) is 0 Å². The lowest BCUT2D eigenvalue weighted by Gasteiger charge is -2.38. The van der Waals surface area contributed by atoms with Gasteiger partial charge in [0.05, 0.1) is 0 Å². The smallest absolute Gasteiger partial charge is 0.231 e. The van der Waals surface area contributed by atoms with E-state index in [2.05, 4.69) is 59.1 Å². The van der Waals surface area contributed by atoms with Gasteiger partial charge in [0.25, 0.3) is 0 Å². The molecule has 4 rings (SSSR count). The molecule has 2 aliphatic heterocycles. The number of fused-ring (bicyclic) bond motifs is 1. The molecule has 1 aromatic carbocycles. The van der Waals surface area contributed by atoms with Crippen LogP contribution in [0.2, 0.25) is 0 Å². The Morgan fingerprint density at radius 2 is 1.93 bits per heavy atom. The lowest BCUT2D eigenvalue weighted by Crippen LogP contribution is -2.49. The Morgan fingerprint density at radius 3 is 2.67 bits per heavy atom. The summed E-state index contributed by atoms with van der Waals surface area (Å²) in [4.78, 5) is 5.83. The molecule has 30 heavy (non-hydrogen) atoms. The highest BCUT2D eigenvalue weighted by Crippen LogP contribution is 2.40. The van der Waals surface area contributed by atoms with E-state index in [1.807, 2.05) is 13.1 Å². The zero-order valence-corrected chi connectivity index (χ0v) is 18.8. The van der Waals surface area contributed by atoms with Crippen molar-refractivity contribution in [3.05, 3.63) is 46.2 Å². The fourth-order valence-electron chi connectivity index (χ4n) is 4.09. The van der Waals surface area contributed by atoms with Crippen LogP contribution in [0.15, 0.2) is 40.7 Å². The van der Waals surface area contributed by atoms with Crippen molar-refractivity contribution in [3.63, 3.8) is 0 Å². The molecule has 0 saturated carbocycles. The van der Waals surface area contributed by atoms with E-state index in [-0.39, 0.29) is 10.8 Å². The second-order valence-corrected chi connectivity index (χ2v) is 9.55. The van der Waals surface area contributed by atoms with Crippen molar-refractivity contribution in [1.29, 1.82) is 0 Å². The van der Waals surface area contributed by atoms with Gasteiger partial charge in [-0.1, -0.05) is 26.0 Å². The zero-order valence-electron chi connectivity index (χ0n) is 18.0. The van der Waals surface area contributed by atoms with Gasteiger partial charge in [-0.15, -0.1) is 11.3 Å². The van der Waals surface area contributed by atoms with Gasteiger partial charge in [0.1, 0.15) is 0 Å². The molecule has 6 nitrogen and oxygen atoms in total. The van der Waals surface area contributed by atoms with E-state index in [1.165, 1.54) is 10.4 Å². The van der Waals surface area contributed by atoms with E-state index in [4.69, 9.17) is 14.2 Å². The Morgan fingerprint density at radius 1 is 1.13 bits per heavy atom. The first kappa shape index (κ1) is 21.0. The minimum absolute atomic E-state index is 0.0277. The van der Waals surface area contributed by atoms with Crippen LogP contribution in [0, 0.1) is 0 Å². The van der Waals surface area contributed by atoms with Gasteiger partial charge in [-0.25, -0.2) is 0 Å². The minimum atomic E-state index is -0.0277. The molecule has 0 atom stereocenters. The van der Waals surface area contributed by atoms with Crippen molar-refractivity contribution in [2.24, 2.45) is 4.99 Å². The lowest BCUT2D eigenvalue weighted by atomic mass is 9.74. The highest BCUT2D eigenvalue weighted by Gasteiger charge is 2.36. The highest BCUT2D eigenvalue weighted by molar-refractivity contribution is 7.10. The van der Waals surface area contributed by atoms with Gasteiger partial charge >= 0.3 is 0 Å². The Hall–Kier alpha value is -2.25. The molecule has 0 spiro atoms. The van der Waals surface area contributed by atoms with E-state index >= 15 is 0 Å². The molecular weight excluding hydrogens is 398 g/mol. The van der Waals surface area contributed by atoms with Crippen LogP contribution >= 0.6 is 11.3 Å². The maximum Gasteiger partial charge on any atom is 0.231 e. The summed E-state index contributed by atoms with van der Waals surface area (Å²) in [5.74, 6) is 2.48. The summed E-state index contributed by atoms with van der Waals surface area (Å²) in [7, 11) is 1.82. The van der Waals surface area contributed by atoms with Crippen molar-refractivity contribution in [2.75, 3.05) is 40.1 Å². The van der Waals surface area contributed by atoms with Crippen molar-refractivity contribution in [3.8, 4) is 11.5 Å². The Labute approximate surface area is 182 Å². The van der Waals surface area contributed by atoms with Crippen molar-refractivity contribution < 1.29 is 14.2 Å². The second-order valence-electron chi connectivity index (χ2n) is 8.60. The molecular formula is C23H31N3O3S. The summed E-state index contributed by atoms with van der Waals surface area (Å²) in [6, 6.07) is 10.6. The predicted molar refractivity (Wildman–Crippen MR) is 121 cm³/mol. The molecule has 2 N–H and O–H groups in total. The topological polar surface area (TPSA) is 64.1 Å². The average Bonchev–Trinajstić information content (AvgIpc) is 3.46. The number of hydrogen-bond donors (Lipinski definition) is 2. The third kappa shape index (κ3) is 4.42. The highest BCUT2D eigenvalue weighted by atomic mass is 32.1. The first-order chi connectivity index (χ1) is 14.5. The van der Waals surface area contributed by atoms with Crippen LogP contribution < -0.4 is 20.1 Å². The van der Waals surface area contributed by atoms with Gasteiger partial charge in [-0.3, -0.25) is 4.99 Å². The number of rotatable bonds is 6. The van der Waals surface area contributed by atoms with Crippen LogP contribution in [0.1, 0.15) is 37.1 Å². The van der Waals surface area contributed by atoms with Crippen LogP contribution in [-0.2, 0) is 15.6 Å². The van der Waals surface area contributed by atoms with Gasteiger partial charge in [0.15, 0.2) is 17.5 Å². The largest absolute Gasteiger partial charge is 0.454 e. The predicted octanol–water partition coefficient (Wildman–Crippen LogP) is 3.67. The molecule has 0 bridgehead atoms.